The first-order valence-corrected chi connectivity index (χ1v) is 7.59. The Balaban J connectivity index is 1.86. The Bertz CT molecular complexity index is 825. The van der Waals surface area contributed by atoms with Gasteiger partial charge in [-0.1, -0.05) is 12.1 Å². The average molecular weight is 298 g/mol. The van der Waals surface area contributed by atoms with E-state index in [1.54, 1.807) is 4.57 Å². The third-order valence-electron chi connectivity index (χ3n) is 4.32. The summed E-state index contributed by atoms with van der Waals surface area (Å²) in [6, 6.07) is 8.22. The lowest BCUT2D eigenvalue weighted by atomic mass is 10.1. The summed E-state index contributed by atoms with van der Waals surface area (Å²) in [6.07, 6.45) is 3.43. The molecule has 0 atom stereocenters. The van der Waals surface area contributed by atoms with Gasteiger partial charge in [0.1, 0.15) is 12.2 Å². The van der Waals surface area contributed by atoms with E-state index in [1.165, 1.54) is 6.33 Å². The molecule has 1 fully saturated rings. The molecule has 0 radical (unpaired) electrons. The highest BCUT2D eigenvalue weighted by molar-refractivity contribution is 5.76. The number of nitrogens with zero attached hydrogens (tertiary/aromatic N) is 4. The van der Waals surface area contributed by atoms with Gasteiger partial charge in [-0.3, -0.25) is 14.2 Å². The van der Waals surface area contributed by atoms with E-state index in [4.69, 9.17) is 0 Å². The summed E-state index contributed by atoms with van der Waals surface area (Å²) in [4.78, 5) is 17.1. The van der Waals surface area contributed by atoms with Crippen molar-refractivity contribution in [3.8, 4) is 0 Å². The standard InChI is InChI=1S/C15H18N6O/c22-15-20(9-14-17-10-18-19-14)12-3-1-2-4-13(12)21(15)11-5-7-16-8-6-11/h1-4,10-11,16H,5-9H2,(H,17,18,19). The Morgan fingerprint density at radius 1 is 1.18 bits per heavy atom. The van der Waals surface area contributed by atoms with Gasteiger partial charge < -0.3 is 5.32 Å². The van der Waals surface area contributed by atoms with Gasteiger partial charge in [0.25, 0.3) is 0 Å². The second-order valence-electron chi connectivity index (χ2n) is 5.64. The Morgan fingerprint density at radius 2 is 1.95 bits per heavy atom. The van der Waals surface area contributed by atoms with Gasteiger partial charge in [-0.2, -0.15) is 5.10 Å². The minimum atomic E-state index is 0.0319. The molecule has 7 nitrogen and oxygen atoms in total. The lowest BCUT2D eigenvalue weighted by molar-refractivity contribution is 0.365. The largest absolute Gasteiger partial charge is 0.329 e. The van der Waals surface area contributed by atoms with Gasteiger partial charge in [0, 0.05) is 6.04 Å². The number of benzene rings is 1. The maximum atomic E-state index is 13.0. The van der Waals surface area contributed by atoms with Crippen molar-refractivity contribution in [1.82, 2.24) is 29.6 Å². The molecule has 22 heavy (non-hydrogen) atoms. The zero-order valence-electron chi connectivity index (χ0n) is 12.2. The predicted octanol–water partition coefficient (Wildman–Crippen LogP) is 0.894. The fraction of sp³-hybridized carbons (Fsp3) is 0.400. The molecule has 1 aliphatic heterocycles. The SMILES string of the molecule is O=c1n(Cc2ncn[nH]2)c2ccccc2n1C1CCNCC1. The van der Waals surface area contributed by atoms with E-state index in [-0.39, 0.29) is 11.7 Å². The van der Waals surface area contributed by atoms with Crippen LogP contribution in [0.3, 0.4) is 0 Å². The molecule has 4 rings (SSSR count). The number of H-pyrrole nitrogens is 1. The van der Waals surface area contributed by atoms with Gasteiger partial charge in [-0.25, -0.2) is 9.78 Å². The molecule has 0 bridgehead atoms. The Hall–Kier alpha value is -2.41. The average Bonchev–Trinajstić information content (AvgIpc) is 3.16. The molecule has 2 N–H and O–H groups in total. The number of hydrogen-bond acceptors (Lipinski definition) is 4. The number of aromatic amines is 1. The van der Waals surface area contributed by atoms with Crippen molar-refractivity contribution in [3.05, 3.63) is 46.9 Å². The topological polar surface area (TPSA) is 80.5 Å². The molecule has 1 saturated heterocycles. The molecule has 2 aromatic heterocycles. The quantitative estimate of drug-likeness (QED) is 0.752. The molecule has 114 valence electrons. The molecule has 3 heterocycles. The van der Waals surface area contributed by atoms with Crippen LogP contribution in [0.4, 0.5) is 0 Å². The van der Waals surface area contributed by atoms with Crippen molar-refractivity contribution in [1.29, 1.82) is 0 Å². The number of para-hydroxylation sites is 2. The first kappa shape index (κ1) is 13.3. The highest BCUT2D eigenvalue weighted by Crippen LogP contribution is 2.23. The van der Waals surface area contributed by atoms with Gasteiger partial charge >= 0.3 is 5.69 Å². The van der Waals surface area contributed by atoms with E-state index in [1.807, 2.05) is 28.8 Å². The molecule has 0 unspecified atom stereocenters. The lowest BCUT2D eigenvalue weighted by Gasteiger charge is -2.23. The van der Waals surface area contributed by atoms with Crippen molar-refractivity contribution in [2.45, 2.75) is 25.4 Å². The van der Waals surface area contributed by atoms with Crippen LogP contribution in [0.2, 0.25) is 0 Å². The van der Waals surface area contributed by atoms with Crippen LogP contribution in [-0.2, 0) is 6.54 Å². The van der Waals surface area contributed by atoms with E-state index >= 15 is 0 Å². The first-order chi connectivity index (χ1) is 10.8. The minimum Gasteiger partial charge on any atom is -0.317 e. The van der Waals surface area contributed by atoms with Crippen molar-refractivity contribution < 1.29 is 0 Å². The Kier molecular flexibility index (Phi) is 3.27. The predicted molar refractivity (Wildman–Crippen MR) is 82.8 cm³/mol. The van der Waals surface area contributed by atoms with E-state index in [2.05, 4.69) is 20.5 Å². The monoisotopic (exact) mass is 298 g/mol. The number of rotatable bonds is 3. The van der Waals surface area contributed by atoms with Crippen LogP contribution in [0.15, 0.2) is 35.4 Å². The molecule has 3 aromatic rings. The summed E-state index contributed by atoms with van der Waals surface area (Å²) in [5.41, 5.74) is 1.98. The summed E-state index contributed by atoms with van der Waals surface area (Å²) < 4.78 is 3.73. The normalized spacial score (nSPS) is 16.4. The maximum Gasteiger partial charge on any atom is 0.329 e. The van der Waals surface area contributed by atoms with Crippen LogP contribution in [0.5, 0.6) is 0 Å². The van der Waals surface area contributed by atoms with Crippen LogP contribution >= 0.6 is 0 Å². The maximum absolute atomic E-state index is 13.0. The summed E-state index contributed by atoms with van der Waals surface area (Å²) in [5, 5.41) is 10.0. The van der Waals surface area contributed by atoms with Gasteiger partial charge in [0.2, 0.25) is 0 Å². The van der Waals surface area contributed by atoms with Crippen LogP contribution in [-0.4, -0.2) is 37.4 Å². The van der Waals surface area contributed by atoms with Crippen LogP contribution < -0.4 is 11.0 Å². The molecule has 0 spiro atoms. The van der Waals surface area contributed by atoms with E-state index in [9.17, 15) is 4.79 Å². The molecular weight excluding hydrogens is 280 g/mol. The number of imidazole rings is 1. The van der Waals surface area contributed by atoms with E-state index < -0.39 is 0 Å². The Labute approximate surface area is 127 Å². The number of piperidine rings is 1. The van der Waals surface area contributed by atoms with Crippen molar-refractivity contribution >= 4 is 11.0 Å². The van der Waals surface area contributed by atoms with Gasteiger partial charge in [-0.15, -0.1) is 0 Å². The molecule has 7 heteroatoms. The number of aromatic nitrogens is 5. The molecular formula is C15H18N6O. The zero-order valence-corrected chi connectivity index (χ0v) is 12.2. The number of hydrogen-bond donors (Lipinski definition) is 2. The number of nitrogens with one attached hydrogen (secondary N) is 2. The molecule has 0 saturated carbocycles. The fourth-order valence-electron chi connectivity index (χ4n) is 3.26. The summed E-state index contributed by atoms with van der Waals surface area (Å²) in [6.45, 7) is 2.33. The van der Waals surface area contributed by atoms with Gasteiger partial charge in [-0.05, 0) is 38.1 Å². The third kappa shape index (κ3) is 2.14. The zero-order chi connectivity index (χ0) is 14.9. The van der Waals surface area contributed by atoms with Crippen LogP contribution in [0.25, 0.3) is 11.0 Å². The van der Waals surface area contributed by atoms with Gasteiger partial charge in [0.05, 0.1) is 17.6 Å². The second kappa shape index (κ2) is 5.42. The van der Waals surface area contributed by atoms with Crippen molar-refractivity contribution in [2.24, 2.45) is 0 Å². The van der Waals surface area contributed by atoms with E-state index in [0.717, 1.165) is 37.0 Å². The third-order valence-corrected chi connectivity index (χ3v) is 4.32. The van der Waals surface area contributed by atoms with E-state index in [0.29, 0.717) is 12.4 Å². The molecule has 0 aliphatic carbocycles. The first-order valence-electron chi connectivity index (χ1n) is 7.59. The smallest absolute Gasteiger partial charge is 0.317 e. The fourth-order valence-corrected chi connectivity index (χ4v) is 3.26. The van der Waals surface area contributed by atoms with Crippen molar-refractivity contribution in [2.75, 3.05) is 13.1 Å². The molecule has 1 aromatic carbocycles. The summed E-state index contributed by atoms with van der Waals surface area (Å²) >= 11 is 0. The lowest BCUT2D eigenvalue weighted by Crippen LogP contribution is -2.35. The van der Waals surface area contributed by atoms with Crippen molar-refractivity contribution in [3.63, 3.8) is 0 Å². The van der Waals surface area contributed by atoms with Crippen LogP contribution in [0.1, 0.15) is 24.7 Å². The highest BCUT2D eigenvalue weighted by atomic mass is 16.1. The Morgan fingerprint density at radius 3 is 2.68 bits per heavy atom. The van der Waals surface area contributed by atoms with Gasteiger partial charge in [0.15, 0.2) is 0 Å². The summed E-state index contributed by atoms with van der Waals surface area (Å²) in [5.74, 6) is 0.690. The minimum absolute atomic E-state index is 0.0319. The summed E-state index contributed by atoms with van der Waals surface area (Å²) in [7, 11) is 0. The molecule has 0 amide bonds. The number of fused-ring (bicyclic) bond motifs is 1. The highest BCUT2D eigenvalue weighted by Gasteiger charge is 2.22. The van der Waals surface area contributed by atoms with Crippen LogP contribution in [0, 0.1) is 0 Å². The molecule has 1 aliphatic rings. The second-order valence-corrected chi connectivity index (χ2v) is 5.64.